The molecule has 5 heteroatoms. The third-order valence-electron chi connectivity index (χ3n) is 5.03. The molecule has 0 saturated carbocycles. The summed E-state index contributed by atoms with van der Waals surface area (Å²) in [7, 11) is 0. The van der Waals surface area contributed by atoms with E-state index in [0.717, 1.165) is 45.7 Å². The first-order valence-electron chi connectivity index (χ1n) is 7.52. The number of aromatic nitrogens is 1. The maximum atomic E-state index is 10.00. The van der Waals surface area contributed by atoms with E-state index >= 15 is 0 Å². The first-order chi connectivity index (χ1) is 9.75. The number of nitrogens with one attached hydrogen (secondary N) is 1. The van der Waals surface area contributed by atoms with Gasteiger partial charge >= 0.3 is 0 Å². The third kappa shape index (κ3) is 2.05. The van der Waals surface area contributed by atoms with Crippen LogP contribution in [0.3, 0.4) is 0 Å². The molecule has 3 aliphatic heterocycles. The van der Waals surface area contributed by atoms with Gasteiger partial charge < -0.3 is 10.4 Å². The fourth-order valence-corrected chi connectivity index (χ4v) is 4.11. The van der Waals surface area contributed by atoms with Crippen LogP contribution in [0.1, 0.15) is 12.0 Å². The minimum atomic E-state index is -0.143. The Hall–Kier alpha value is -1.01. The van der Waals surface area contributed by atoms with Crippen molar-refractivity contribution in [1.29, 1.82) is 0 Å². The van der Waals surface area contributed by atoms with E-state index in [1.807, 2.05) is 18.5 Å². The molecule has 4 rings (SSSR count). The Balaban J connectivity index is 1.52. The van der Waals surface area contributed by atoms with E-state index in [2.05, 4.69) is 26.2 Å². The maximum Gasteiger partial charge on any atom is 0.0682 e. The predicted octanol–water partition coefficient (Wildman–Crippen LogP) is -0.326. The van der Waals surface area contributed by atoms with Crippen LogP contribution in [0.5, 0.6) is 0 Å². The summed E-state index contributed by atoms with van der Waals surface area (Å²) in [5.41, 5.74) is 1.53. The van der Waals surface area contributed by atoms with E-state index in [4.69, 9.17) is 0 Å². The van der Waals surface area contributed by atoms with E-state index in [1.54, 1.807) is 0 Å². The summed E-state index contributed by atoms with van der Waals surface area (Å²) in [6.45, 7) is 6.09. The zero-order chi connectivity index (χ0) is 13.6. The smallest absolute Gasteiger partial charge is 0.0682 e. The van der Waals surface area contributed by atoms with Crippen molar-refractivity contribution in [1.82, 2.24) is 20.1 Å². The zero-order valence-corrected chi connectivity index (χ0v) is 11.7. The molecule has 0 bridgehead atoms. The Morgan fingerprint density at radius 1 is 1.40 bits per heavy atom. The normalized spacial score (nSPS) is 33.0. The molecular weight excluding hydrogens is 252 g/mol. The molecule has 2 N–H and O–H groups in total. The van der Waals surface area contributed by atoms with Gasteiger partial charge in [0.2, 0.25) is 0 Å². The minimum absolute atomic E-state index is 0.143. The lowest BCUT2D eigenvalue weighted by Gasteiger charge is -2.57. The van der Waals surface area contributed by atoms with Gasteiger partial charge in [-0.1, -0.05) is 6.07 Å². The number of β-amino-alcohol motifs (C(OH)–C–C–N with tert-alkyl or cyclic N) is 1. The van der Waals surface area contributed by atoms with Crippen molar-refractivity contribution in [3.63, 3.8) is 0 Å². The monoisotopic (exact) mass is 274 g/mol. The lowest BCUT2D eigenvalue weighted by molar-refractivity contribution is -0.0569. The largest absolute Gasteiger partial charge is 0.392 e. The van der Waals surface area contributed by atoms with Crippen LogP contribution in [-0.4, -0.2) is 70.3 Å². The second-order valence-electron chi connectivity index (χ2n) is 6.55. The van der Waals surface area contributed by atoms with Gasteiger partial charge in [-0.05, 0) is 18.1 Å². The van der Waals surface area contributed by atoms with Gasteiger partial charge in [-0.2, -0.15) is 0 Å². The summed E-state index contributed by atoms with van der Waals surface area (Å²) in [4.78, 5) is 9.31. The standard InChI is InChI=1S/C15H22N4O/c20-14-4-13-7-18(6-12-2-1-3-16-5-12)11-15(9-17-10-15)19(13)8-14/h1-3,5,13-14,17,20H,4,6-11H2. The molecule has 0 amide bonds. The van der Waals surface area contributed by atoms with Crippen molar-refractivity contribution in [2.45, 2.75) is 30.7 Å². The Morgan fingerprint density at radius 3 is 3.00 bits per heavy atom. The van der Waals surface area contributed by atoms with Crippen LogP contribution in [-0.2, 0) is 6.54 Å². The highest BCUT2D eigenvalue weighted by atomic mass is 16.3. The molecular formula is C15H22N4O. The molecule has 108 valence electrons. The third-order valence-corrected chi connectivity index (χ3v) is 5.03. The second-order valence-corrected chi connectivity index (χ2v) is 6.55. The molecule has 3 aliphatic rings. The molecule has 2 unspecified atom stereocenters. The first kappa shape index (κ1) is 12.7. The maximum absolute atomic E-state index is 10.00. The van der Waals surface area contributed by atoms with Gasteiger partial charge in [-0.3, -0.25) is 14.8 Å². The van der Waals surface area contributed by atoms with E-state index in [9.17, 15) is 5.11 Å². The average molecular weight is 274 g/mol. The van der Waals surface area contributed by atoms with Crippen molar-refractivity contribution < 1.29 is 5.11 Å². The number of hydrogen-bond acceptors (Lipinski definition) is 5. The SMILES string of the molecule is OC1CC2CN(Cc3cccnc3)CC3(CNC3)N2C1. The highest BCUT2D eigenvalue weighted by Gasteiger charge is 2.52. The quantitative estimate of drug-likeness (QED) is 0.774. The fourth-order valence-electron chi connectivity index (χ4n) is 4.11. The highest BCUT2D eigenvalue weighted by Crippen LogP contribution is 2.35. The van der Waals surface area contributed by atoms with Crippen LogP contribution in [0.2, 0.25) is 0 Å². The molecule has 5 nitrogen and oxygen atoms in total. The topological polar surface area (TPSA) is 51.6 Å². The molecule has 1 spiro atoms. The van der Waals surface area contributed by atoms with Gasteiger partial charge in [0.15, 0.2) is 0 Å². The van der Waals surface area contributed by atoms with Crippen molar-refractivity contribution >= 4 is 0 Å². The summed E-state index contributed by atoms with van der Waals surface area (Å²) in [5, 5.41) is 13.4. The Kier molecular flexibility index (Phi) is 3.03. The molecule has 1 aromatic heterocycles. The van der Waals surface area contributed by atoms with Crippen LogP contribution in [0.25, 0.3) is 0 Å². The predicted molar refractivity (Wildman–Crippen MR) is 76.2 cm³/mol. The summed E-state index contributed by atoms with van der Waals surface area (Å²) in [6.07, 6.45) is 4.56. The molecule has 0 aromatic carbocycles. The number of aliphatic hydroxyl groups is 1. The number of piperazine rings is 1. The number of hydrogen-bond donors (Lipinski definition) is 2. The number of fused-ring (bicyclic) bond motifs is 2. The molecule has 3 saturated heterocycles. The molecule has 1 aromatic rings. The Morgan fingerprint density at radius 2 is 2.30 bits per heavy atom. The molecule has 3 fully saturated rings. The van der Waals surface area contributed by atoms with Crippen LogP contribution < -0.4 is 5.32 Å². The van der Waals surface area contributed by atoms with Crippen LogP contribution in [0.4, 0.5) is 0 Å². The molecule has 2 atom stereocenters. The Labute approximate surface area is 119 Å². The van der Waals surface area contributed by atoms with Crippen LogP contribution in [0, 0.1) is 0 Å². The van der Waals surface area contributed by atoms with Gasteiger partial charge in [0.05, 0.1) is 11.6 Å². The molecule has 4 heterocycles. The Bertz CT molecular complexity index is 476. The molecule has 0 aliphatic carbocycles. The van der Waals surface area contributed by atoms with E-state index in [-0.39, 0.29) is 11.6 Å². The van der Waals surface area contributed by atoms with Crippen molar-refractivity contribution in [2.75, 3.05) is 32.7 Å². The zero-order valence-electron chi connectivity index (χ0n) is 11.7. The summed E-state index contributed by atoms with van der Waals surface area (Å²) < 4.78 is 0. The lowest BCUT2D eigenvalue weighted by atomic mass is 9.86. The van der Waals surface area contributed by atoms with E-state index in [1.165, 1.54) is 5.56 Å². The van der Waals surface area contributed by atoms with Gasteiger partial charge in [-0.25, -0.2) is 0 Å². The summed E-state index contributed by atoms with van der Waals surface area (Å²) >= 11 is 0. The average Bonchev–Trinajstić information content (AvgIpc) is 2.77. The number of aliphatic hydroxyl groups excluding tert-OH is 1. The van der Waals surface area contributed by atoms with E-state index in [0.29, 0.717) is 6.04 Å². The second kappa shape index (κ2) is 4.77. The minimum Gasteiger partial charge on any atom is -0.392 e. The lowest BCUT2D eigenvalue weighted by Crippen LogP contribution is -2.77. The molecule has 0 radical (unpaired) electrons. The summed E-state index contributed by atoms with van der Waals surface area (Å²) in [6, 6.07) is 4.66. The van der Waals surface area contributed by atoms with Crippen molar-refractivity contribution in [2.24, 2.45) is 0 Å². The fraction of sp³-hybridized carbons (Fsp3) is 0.667. The van der Waals surface area contributed by atoms with Crippen LogP contribution in [0.15, 0.2) is 24.5 Å². The molecule has 20 heavy (non-hydrogen) atoms. The van der Waals surface area contributed by atoms with Crippen LogP contribution >= 0.6 is 0 Å². The van der Waals surface area contributed by atoms with Gasteiger partial charge in [0.1, 0.15) is 0 Å². The number of rotatable bonds is 2. The van der Waals surface area contributed by atoms with Gasteiger partial charge in [-0.15, -0.1) is 0 Å². The number of nitrogens with zero attached hydrogens (tertiary/aromatic N) is 3. The number of pyridine rings is 1. The van der Waals surface area contributed by atoms with Gasteiger partial charge in [0.25, 0.3) is 0 Å². The van der Waals surface area contributed by atoms with Crippen molar-refractivity contribution in [3.05, 3.63) is 30.1 Å². The van der Waals surface area contributed by atoms with Gasteiger partial charge in [0, 0.05) is 57.7 Å². The first-order valence-corrected chi connectivity index (χ1v) is 7.52. The summed E-state index contributed by atoms with van der Waals surface area (Å²) in [5.74, 6) is 0. The van der Waals surface area contributed by atoms with Crippen molar-refractivity contribution in [3.8, 4) is 0 Å². The highest BCUT2D eigenvalue weighted by molar-refractivity contribution is 5.14. The van der Waals surface area contributed by atoms with E-state index < -0.39 is 0 Å².